The van der Waals surface area contributed by atoms with Crippen molar-refractivity contribution in [3.63, 3.8) is 0 Å². The maximum Gasteiger partial charge on any atom is 0.166 e. The van der Waals surface area contributed by atoms with Gasteiger partial charge in [0.25, 0.3) is 0 Å². The first kappa shape index (κ1) is 20.3. The molecule has 5 rings (SSSR count). The molecule has 0 aliphatic carbocycles. The molecule has 0 bridgehead atoms. The van der Waals surface area contributed by atoms with Gasteiger partial charge in [0.2, 0.25) is 0 Å². The van der Waals surface area contributed by atoms with Crippen LogP contribution in [-0.4, -0.2) is 45.8 Å². The van der Waals surface area contributed by atoms with Crippen LogP contribution >= 0.6 is 0 Å². The second kappa shape index (κ2) is 8.47. The highest BCUT2D eigenvalue weighted by molar-refractivity contribution is 5.88. The molecule has 164 valence electrons. The minimum absolute atomic E-state index is 0.173. The van der Waals surface area contributed by atoms with E-state index in [1.54, 1.807) is 6.33 Å². The number of nitrogens with one attached hydrogen (secondary N) is 1. The highest BCUT2D eigenvalue weighted by Crippen LogP contribution is 2.32. The Morgan fingerprint density at radius 3 is 2.53 bits per heavy atom. The number of hydrogen-bond acceptors (Lipinski definition) is 7. The zero-order chi connectivity index (χ0) is 22.1. The second-order valence-electron chi connectivity index (χ2n) is 8.19. The number of imidazole rings is 1. The first-order valence-electron chi connectivity index (χ1n) is 10.9. The summed E-state index contributed by atoms with van der Waals surface area (Å²) in [5, 5.41) is 3.42. The normalized spacial score (nSPS) is 14.3. The SMILES string of the molecule is CC(C)n1c(-c2cccc(N)c2)nc2c(Nc3ccc(N4CCOCC4)cc3)ncnc21. The molecule has 8 nitrogen and oxygen atoms in total. The van der Waals surface area contributed by atoms with Crippen molar-refractivity contribution in [1.29, 1.82) is 0 Å². The van der Waals surface area contributed by atoms with Gasteiger partial charge in [0.05, 0.1) is 13.2 Å². The molecule has 0 atom stereocenters. The fraction of sp³-hybridized carbons (Fsp3) is 0.292. The lowest BCUT2D eigenvalue weighted by Gasteiger charge is -2.28. The number of fused-ring (bicyclic) bond motifs is 1. The lowest BCUT2D eigenvalue weighted by Crippen LogP contribution is -2.36. The molecule has 0 amide bonds. The fourth-order valence-electron chi connectivity index (χ4n) is 4.08. The minimum Gasteiger partial charge on any atom is -0.399 e. The summed E-state index contributed by atoms with van der Waals surface area (Å²) in [6.45, 7) is 7.62. The largest absolute Gasteiger partial charge is 0.399 e. The molecule has 1 fully saturated rings. The predicted octanol–water partition coefficient (Wildman–Crippen LogP) is 4.24. The van der Waals surface area contributed by atoms with Gasteiger partial charge >= 0.3 is 0 Å². The molecule has 2 aromatic heterocycles. The molecule has 8 heteroatoms. The predicted molar refractivity (Wildman–Crippen MR) is 128 cm³/mol. The van der Waals surface area contributed by atoms with Crippen molar-refractivity contribution < 1.29 is 4.74 Å². The third-order valence-corrected chi connectivity index (χ3v) is 5.64. The van der Waals surface area contributed by atoms with Crippen LogP contribution in [0.3, 0.4) is 0 Å². The highest BCUT2D eigenvalue weighted by atomic mass is 16.5. The zero-order valence-electron chi connectivity index (χ0n) is 18.3. The monoisotopic (exact) mass is 429 g/mol. The summed E-state index contributed by atoms with van der Waals surface area (Å²) in [4.78, 5) is 16.3. The maximum atomic E-state index is 6.03. The molecule has 0 saturated carbocycles. The lowest BCUT2D eigenvalue weighted by molar-refractivity contribution is 0.122. The molecule has 1 aliphatic rings. The number of morpholine rings is 1. The topological polar surface area (TPSA) is 94.1 Å². The molecule has 0 radical (unpaired) electrons. The van der Waals surface area contributed by atoms with Crippen LogP contribution in [0.25, 0.3) is 22.6 Å². The van der Waals surface area contributed by atoms with E-state index in [2.05, 4.69) is 62.9 Å². The van der Waals surface area contributed by atoms with Crippen molar-refractivity contribution in [1.82, 2.24) is 19.5 Å². The molecule has 3 N–H and O–H groups in total. The number of aromatic nitrogens is 4. The number of hydrogen-bond donors (Lipinski definition) is 2. The van der Waals surface area contributed by atoms with Crippen molar-refractivity contribution in [3.05, 3.63) is 54.9 Å². The van der Waals surface area contributed by atoms with Crippen LogP contribution < -0.4 is 16.0 Å². The van der Waals surface area contributed by atoms with E-state index in [-0.39, 0.29) is 6.04 Å². The Morgan fingerprint density at radius 1 is 1.03 bits per heavy atom. The molecule has 3 heterocycles. The quantitative estimate of drug-likeness (QED) is 0.458. The van der Waals surface area contributed by atoms with Crippen LogP contribution in [-0.2, 0) is 4.74 Å². The standard InChI is InChI=1S/C24H27N7O/c1-16(2)31-23(17-4-3-5-18(25)14-17)29-21-22(26-15-27-24(21)31)28-19-6-8-20(9-7-19)30-10-12-32-13-11-30/h3-9,14-16H,10-13,25H2,1-2H3,(H,26,27,28). The third kappa shape index (κ3) is 3.85. The van der Waals surface area contributed by atoms with Gasteiger partial charge in [-0.05, 0) is 50.2 Å². The van der Waals surface area contributed by atoms with E-state index in [0.717, 1.165) is 54.5 Å². The average Bonchev–Trinajstić information content (AvgIpc) is 3.21. The Bertz CT molecular complexity index is 1230. The van der Waals surface area contributed by atoms with Gasteiger partial charge in [-0.15, -0.1) is 0 Å². The zero-order valence-corrected chi connectivity index (χ0v) is 18.3. The summed E-state index contributed by atoms with van der Waals surface area (Å²) >= 11 is 0. The Labute approximate surface area is 187 Å². The van der Waals surface area contributed by atoms with Crippen LogP contribution in [0.15, 0.2) is 54.9 Å². The van der Waals surface area contributed by atoms with Crippen LogP contribution in [0.1, 0.15) is 19.9 Å². The van der Waals surface area contributed by atoms with E-state index in [0.29, 0.717) is 11.5 Å². The van der Waals surface area contributed by atoms with Crippen LogP contribution in [0.4, 0.5) is 22.9 Å². The summed E-state index contributed by atoms with van der Waals surface area (Å²) in [6.07, 6.45) is 1.58. The molecule has 32 heavy (non-hydrogen) atoms. The molecular weight excluding hydrogens is 402 g/mol. The second-order valence-corrected chi connectivity index (χ2v) is 8.19. The van der Waals surface area contributed by atoms with E-state index in [1.165, 1.54) is 5.69 Å². The molecule has 1 saturated heterocycles. The van der Waals surface area contributed by atoms with Crippen molar-refractivity contribution in [3.8, 4) is 11.4 Å². The number of benzene rings is 2. The minimum atomic E-state index is 0.173. The average molecular weight is 430 g/mol. The van der Waals surface area contributed by atoms with Crippen molar-refractivity contribution in [2.75, 3.05) is 42.3 Å². The van der Waals surface area contributed by atoms with Crippen molar-refractivity contribution >= 4 is 34.0 Å². The molecule has 0 spiro atoms. The van der Waals surface area contributed by atoms with Crippen molar-refractivity contribution in [2.24, 2.45) is 0 Å². The Kier molecular flexibility index (Phi) is 5.36. The van der Waals surface area contributed by atoms with E-state index in [1.807, 2.05) is 24.3 Å². The van der Waals surface area contributed by atoms with Gasteiger partial charge in [-0.2, -0.15) is 0 Å². The lowest BCUT2D eigenvalue weighted by atomic mass is 10.2. The molecular formula is C24H27N7O. The molecule has 1 aliphatic heterocycles. The molecule has 4 aromatic rings. The summed E-state index contributed by atoms with van der Waals surface area (Å²) in [5.41, 5.74) is 11.4. The number of rotatable bonds is 5. The number of ether oxygens (including phenoxy) is 1. The Morgan fingerprint density at radius 2 is 1.81 bits per heavy atom. The fourth-order valence-corrected chi connectivity index (χ4v) is 4.08. The van der Waals surface area contributed by atoms with Gasteiger partial charge < -0.3 is 25.3 Å². The van der Waals surface area contributed by atoms with E-state index in [4.69, 9.17) is 15.5 Å². The van der Waals surface area contributed by atoms with Crippen LogP contribution in [0, 0.1) is 0 Å². The smallest absolute Gasteiger partial charge is 0.166 e. The molecule has 0 unspecified atom stereocenters. The Balaban J connectivity index is 1.50. The third-order valence-electron chi connectivity index (χ3n) is 5.64. The van der Waals surface area contributed by atoms with E-state index in [9.17, 15) is 0 Å². The Hall–Kier alpha value is -3.65. The first-order valence-corrected chi connectivity index (χ1v) is 10.9. The van der Waals surface area contributed by atoms with Gasteiger partial charge in [-0.1, -0.05) is 12.1 Å². The van der Waals surface area contributed by atoms with E-state index >= 15 is 0 Å². The van der Waals surface area contributed by atoms with Gasteiger partial charge in [-0.25, -0.2) is 15.0 Å². The van der Waals surface area contributed by atoms with Gasteiger partial charge in [0, 0.05) is 41.8 Å². The van der Waals surface area contributed by atoms with Crippen LogP contribution in [0.5, 0.6) is 0 Å². The number of nitrogen functional groups attached to an aromatic ring is 1. The van der Waals surface area contributed by atoms with Gasteiger partial charge in [0.15, 0.2) is 17.0 Å². The highest BCUT2D eigenvalue weighted by Gasteiger charge is 2.19. The summed E-state index contributed by atoms with van der Waals surface area (Å²) in [6, 6.07) is 16.3. The number of nitrogens with two attached hydrogens (primary N) is 1. The number of nitrogens with zero attached hydrogens (tertiary/aromatic N) is 5. The molecule has 2 aromatic carbocycles. The first-order chi connectivity index (χ1) is 15.6. The summed E-state index contributed by atoms with van der Waals surface area (Å²) in [5.74, 6) is 1.51. The van der Waals surface area contributed by atoms with Crippen LogP contribution in [0.2, 0.25) is 0 Å². The maximum absolute atomic E-state index is 6.03. The summed E-state index contributed by atoms with van der Waals surface area (Å²) < 4.78 is 7.57. The van der Waals surface area contributed by atoms with Gasteiger partial charge in [0.1, 0.15) is 12.2 Å². The van der Waals surface area contributed by atoms with Crippen molar-refractivity contribution in [2.45, 2.75) is 19.9 Å². The van der Waals surface area contributed by atoms with E-state index < -0.39 is 0 Å². The summed E-state index contributed by atoms with van der Waals surface area (Å²) in [7, 11) is 0. The van der Waals surface area contributed by atoms with Gasteiger partial charge in [-0.3, -0.25) is 0 Å². The number of anilines is 4.